The molecule has 1 atom stereocenters. The summed E-state index contributed by atoms with van der Waals surface area (Å²) in [5.74, 6) is 0. The Morgan fingerprint density at radius 2 is 2.06 bits per heavy atom. The van der Waals surface area contributed by atoms with Gasteiger partial charge in [0.05, 0.1) is 25.9 Å². The molecule has 1 aliphatic heterocycles. The largest absolute Gasteiger partial charge is 0.444 e. The summed E-state index contributed by atoms with van der Waals surface area (Å²) in [5, 5.41) is 0. The zero-order valence-corrected chi connectivity index (χ0v) is 11.9. The van der Waals surface area contributed by atoms with Crippen LogP contribution in [0.25, 0.3) is 0 Å². The average Bonchev–Trinajstić information content (AvgIpc) is 2.71. The van der Waals surface area contributed by atoms with Crippen molar-refractivity contribution >= 4 is 6.09 Å². The first-order chi connectivity index (χ1) is 8.42. The van der Waals surface area contributed by atoms with E-state index in [2.05, 4.69) is 0 Å². The second kappa shape index (κ2) is 6.95. The molecule has 18 heavy (non-hydrogen) atoms. The van der Waals surface area contributed by atoms with Gasteiger partial charge >= 0.3 is 6.09 Å². The Labute approximate surface area is 109 Å². The van der Waals surface area contributed by atoms with E-state index in [0.717, 1.165) is 6.42 Å². The maximum atomic E-state index is 11.8. The molecular weight excluding hydrogens is 234 g/mol. The van der Waals surface area contributed by atoms with Gasteiger partial charge in [0.15, 0.2) is 0 Å². The van der Waals surface area contributed by atoms with E-state index in [4.69, 9.17) is 14.2 Å². The lowest BCUT2D eigenvalue weighted by molar-refractivity contribution is 0.00475. The molecule has 106 valence electrons. The van der Waals surface area contributed by atoms with Gasteiger partial charge in [-0.1, -0.05) is 0 Å². The first kappa shape index (κ1) is 15.2. The van der Waals surface area contributed by atoms with Gasteiger partial charge in [-0.15, -0.1) is 0 Å². The van der Waals surface area contributed by atoms with E-state index in [0.29, 0.717) is 32.9 Å². The van der Waals surface area contributed by atoms with Gasteiger partial charge in [0, 0.05) is 13.2 Å². The Morgan fingerprint density at radius 3 is 2.67 bits per heavy atom. The van der Waals surface area contributed by atoms with Gasteiger partial charge in [-0.05, 0) is 34.1 Å². The zero-order chi connectivity index (χ0) is 13.6. The summed E-state index contributed by atoms with van der Waals surface area (Å²) >= 11 is 0. The van der Waals surface area contributed by atoms with Gasteiger partial charge < -0.3 is 19.1 Å². The molecule has 0 saturated carbocycles. The summed E-state index contributed by atoms with van der Waals surface area (Å²) in [5.41, 5.74) is -0.439. The van der Waals surface area contributed by atoms with Crippen LogP contribution in [0.5, 0.6) is 0 Å². The summed E-state index contributed by atoms with van der Waals surface area (Å²) in [7, 11) is 0. The normalized spacial score (nSPS) is 20.2. The van der Waals surface area contributed by atoms with Crippen LogP contribution in [0, 0.1) is 0 Å². The van der Waals surface area contributed by atoms with Crippen LogP contribution < -0.4 is 0 Å². The Morgan fingerprint density at radius 1 is 1.33 bits per heavy atom. The van der Waals surface area contributed by atoms with E-state index in [1.165, 1.54) is 0 Å². The third kappa shape index (κ3) is 5.69. The first-order valence-electron chi connectivity index (χ1n) is 6.59. The van der Waals surface area contributed by atoms with Crippen molar-refractivity contribution in [1.82, 2.24) is 4.90 Å². The number of likely N-dealkylation sites (tertiary alicyclic amines) is 1. The molecule has 0 spiro atoms. The highest BCUT2D eigenvalue weighted by molar-refractivity contribution is 5.68. The SMILES string of the molecule is CCOCCOC1CCN(C(=O)OC(C)(C)C)C1. The van der Waals surface area contributed by atoms with Crippen molar-refractivity contribution in [2.45, 2.75) is 45.8 Å². The van der Waals surface area contributed by atoms with Crippen molar-refractivity contribution in [3.63, 3.8) is 0 Å². The van der Waals surface area contributed by atoms with E-state index >= 15 is 0 Å². The third-order valence-electron chi connectivity index (χ3n) is 2.58. The quantitative estimate of drug-likeness (QED) is 0.709. The monoisotopic (exact) mass is 259 g/mol. The van der Waals surface area contributed by atoms with Crippen LogP contribution >= 0.6 is 0 Å². The maximum Gasteiger partial charge on any atom is 0.410 e. The predicted molar refractivity (Wildman–Crippen MR) is 68.7 cm³/mol. The molecule has 1 saturated heterocycles. The fourth-order valence-electron chi connectivity index (χ4n) is 1.77. The van der Waals surface area contributed by atoms with Gasteiger partial charge in [0.25, 0.3) is 0 Å². The van der Waals surface area contributed by atoms with Crippen molar-refractivity contribution in [1.29, 1.82) is 0 Å². The molecular formula is C13H25NO4. The molecule has 5 heteroatoms. The van der Waals surface area contributed by atoms with Crippen molar-refractivity contribution in [2.24, 2.45) is 0 Å². The number of nitrogens with zero attached hydrogens (tertiary/aromatic N) is 1. The fraction of sp³-hybridized carbons (Fsp3) is 0.923. The van der Waals surface area contributed by atoms with Crippen molar-refractivity contribution in [3.05, 3.63) is 0 Å². The summed E-state index contributed by atoms with van der Waals surface area (Å²) in [6.07, 6.45) is 0.724. The van der Waals surface area contributed by atoms with Crippen LogP contribution in [-0.2, 0) is 14.2 Å². The predicted octanol–water partition coefficient (Wildman–Crippen LogP) is 2.05. The summed E-state index contributed by atoms with van der Waals surface area (Å²) < 4.78 is 16.2. The molecule has 1 rings (SSSR count). The molecule has 0 radical (unpaired) electrons. The maximum absolute atomic E-state index is 11.8. The lowest BCUT2D eigenvalue weighted by Gasteiger charge is -2.24. The highest BCUT2D eigenvalue weighted by Crippen LogP contribution is 2.16. The lowest BCUT2D eigenvalue weighted by atomic mass is 10.2. The summed E-state index contributed by atoms with van der Waals surface area (Å²) in [4.78, 5) is 13.5. The van der Waals surface area contributed by atoms with Gasteiger partial charge in [-0.3, -0.25) is 0 Å². The molecule has 0 bridgehead atoms. The summed E-state index contributed by atoms with van der Waals surface area (Å²) in [6, 6.07) is 0. The molecule has 0 aromatic rings. The van der Waals surface area contributed by atoms with E-state index in [9.17, 15) is 4.79 Å². The van der Waals surface area contributed by atoms with E-state index in [-0.39, 0.29) is 12.2 Å². The van der Waals surface area contributed by atoms with Crippen molar-refractivity contribution in [2.75, 3.05) is 32.9 Å². The standard InChI is InChI=1S/C13H25NO4/c1-5-16-8-9-17-11-6-7-14(10-11)12(15)18-13(2,3)4/h11H,5-10H2,1-4H3. The fourth-order valence-corrected chi connectivity index (χ4v) is 1.77. The lowest BCUT2D eigenvalue weighted by Crippen LogP contribution is -2.36. The van der Waals surface area contributed by atoms with Crippen LogP contribution in [0.15, 0.2) is 0 Å². The van der Waals surface area contributed by atoms with Gasteiger partial charge in [-0.25, -0.2) is 4.79 Å². The van der Waals surface area contributed by atoms with Crippen LogP contribution in [-0.4, -0.2) is 55.6 Å². The topological polar surface area (TPSA) is 48.0 Å². The summed E-state index contributed by atoms with van der Waals surface area (Å²) in [6.45, 7) is 10.8. The number of rotatable bonds is 5. The first-order valence-corrected chi connectivity index (χ1v) is 6.59. The molecule has 1 unspecified atom stereocenters. The van der Waals surface area contributed by atoms with Crippen LogP contribution in [0.4, 0.5) is 4.79 Å². The third-order valence-corrected chi connectivity index (χ3v) is 2.58. The zero-order valence-electron chi connectivity index (χ0n) is 11.9. The Bertz CT molecular complexity index is 262. The highest BCUT2D eigenvalue weighted by atomic mass is 16.6. The van der Waals surface area contributed by atoms with Gasteiger partial charge in [0.2, 0.25) is 0 Å². The van der Waals surface area contributed by atoms with Crippen LogP contribution in [0.1, 0.15) is 34.1 Å². The molecule has 0 aromatic heterocycles. The van der Waals surface area contributed by atoms with E-state index < -0.39 is 5.60 Å². The molecule has 1 heterocycles. The van der Waals surface area contributed by atoms with E-state index in [1.807, 2.05) is 27.7 Å². The Kier molecular flexibility index (Phi) is 5.88. The number of carbonyl (C=O) groups is 1. The Hall–Kier alpha value is -0.810. The second-order valence-electron chi connectivity index (χ2n) is 5.40. The molecule has 1 aliphatic rings. The minimum Gasteiger partial charge on any atom is -0.444 e. The van der Waals surface area contributed by atoms with Gasteiger partial charge in [0.1, 0.15) is 5.60 Å². The number of hydrogen-bond acceptors (Lipinski definition) is 4. The molecule has 0 aromatic carbocycles. The Balaban J connectivity index is 2.22. The molecule has 1 fully saturated rings. The molecule has 1 amide bonds. The number of ether oxygens (including phenoxy) is 3. The average molecular weight is 259 g/mol. The minimum absolute atomic E-state index is 0.109. The van der Waals surface area contributed by atoms with Crippen molar-refractivity contribution < 1.29 is 19.0 Å². The smallest absolute Gasteiger partial charge is 0.410 e. The van der Waals surface area contributed by atoms with E-state index in [1.54, 1.807) is 4.90 Å². The van der Waals surface area contributed by atoms with Crippen LogP contribution in [0.3, 0.4) is 0 Å². The van der Waals surface area contributed by atoms with Crippen LogP contribution in [0.2, 0.25) is 0 Å². The molecule has 0 N–H and O–H groups in total. The molecule has 5 nitrogen and oxygen atoms in total. The van der Waals surface area contributed by atoms with Crippen molar-refractivity contribution in [3.8, 4) is 0 Å². The second-order valence-corrected chi connectivity index (χ2v) is 5.40. The number of hydrogen-bond donors (Lipinski definition) is 0. The highest BCUT2D eigenvalue weighted by Gasteiger charge is 2.29. The van der Waals surface area contributed by atoms with Gasteiger partial charge in [-0.2, -0.15) is 0 Å². The number of amides is 1. The minimum atomic E-state index is -0.439. The number of carbonyl (C=O) groups excluding carboxylic acids is 1. The molecule has 0 aliphatic carbocycles.